The Hall–Kier alpha value is -2.21. The first-order chi connectivity index (χ1) is 17.0. The van der Waals surface area contributed by atoms with E-state index >= 15 is 0 Å². The molecule has 0 aliphatic rings. The third-order valence-electron chi connectivity index (χ3n) is 5.46. The van der Waals surface area contributed by atoms with Crippen molar-refractivity contribution in [3.63, 3.8) is 0 Å². The first kappa shape index (κ1) is 25.9. The molecule has 0 radical (unpaired) electrons. The van der Waals surface area contributed by atoms with Gasteiger partial charge in [-0.3, -0.25) is 0 Å². The minimum absolute atomic E-state index is 0.311. The highest BCUT2D eigenvalue weighted by Gasteiger charge is 2.20. The summed E-state index contributed by atoms with van der Waals surface area (Å²) in [7, 11) is 0. The second-order valence-electron chi connectivity index (χ2n) is 8.06. The molecule has 4 aromatic rings. The molecule has 182 valence electrons. The lowest BCUT2D eigenvalue weighted by atomic mass is 10.1. The van der Waals surface area contributed by atoms with Crippen LogP contribution in [0.1, 0.15) is 23.7 Å². The highest BCUT2D eigenvalue weighted by atomic mass is 35.5. The number of hydrogen-bond donors (Lipinski definition) is 0. The molecule has 4 nitrogen and oxygen atoms in total. The molecular formula is C27H25Cl4N2O2+. The van der Waals surface area contributed by atoms with Crippen molar-refractivity contribution in [2.75, 3.05) is 6.61 Å². The third-order valence-corrected chi connectivity index (χ3v) is 6.61. The van der Waals surface area contributed by atoms with E-state index in [-0.39, 0.29) is 6.10 Å². The van der Waals surface area contributed by atoms with E-state index in [4.69, 9.17) is 55.9 Å². The molecule has 4 rings (SSSR count). The zero-order valence-corrected chi connectivity index (χ0v) is 21.9. The van der Waals surface area contributed by atoms with Gasteiger partial charge in [-0.2, -0.15) is 0 Å². The van der Waals surface area contributed by atoms with Gasteiger partial charge in [0, 0.05) is 32.1 Å². The smallest absolute Gasteiger partial charge is 0.243 e. The molecule has 0 fully saturated rings. The minimum atomic E-state index is -0.311. The van der Waals surface area contributed by atoms with Crippen LogP contribution < -0.4 is 9.30 Å². The van der Waals surface area contributed by atoms with E-state index < -0.39 is 0 Å². The normalized spacial score (nSPS) is 12.0. The van der Waals surface area contributed by atoms with E-state index in [1.807, 2.05) is 60.9 Å². The van der Waals surface area contributed by atoms with Crippen LogP contribution in [-0.4, -0.2) is 11.2 Å². The van der Waals surface area contributed by atoms with Crippen molar-refractivity contribution < 1.29 is 14.0 Å². The van der Waals surface area contributed by atoms with Gasteiger partial charge < -0.3 is 9.47 Å². The van der Waals surface area contributed by atoms with E-state index in [0.717, 1.165) is 29.8 Å². The van der Waals surface area contributed by atoms with Gasteiger partial charge in [0.25, 0.3) is 0 Å². The van der Waals surface area contributed by atoms with E-state index in [2.05, 4.69) is 15.5 Å². The maximum absolute atomic E-state index is 6.53. The fraction of sp³-hybridized carbons (Fsp3) is 0.222. The van der Waals surface area contributed by atoms with Crippen molar-refractivity contribution in [3.05, 3.63) is 117 Å². The number of imidazole rings is 1. The summed E-state index contributed by atoms with van der Waals surface area (Å²) in [6.45, 7) is 2.38. The van der Waals surface area contributed by atoms with Gasteiger partial charge in [-0.25, -0.2) is 9.13 Å². The third kappa shape index (κ3) is 7.63. The largest absolute Gasteiger partial charge is 0.493 e. The van der Waals surface area contributed by atoms with Crippen LogP contribution in [0.15, 0.2) is 85.5 Å². The Morgan fingerprint density at radius 2 is 1.60 bits per heavy atom. The predicted octanol–water partition coefficient (Wildman–Crippen LogP) is 7.82. The van der Waals surface area contributed by atoms with Gasteiger partial charge in [0.15, 0.2) is 0 Å². The van der Waals surface area contributed by atoms with Gasteiger partial charge in [0.2, 0.25) is 6.33 Å². The van der Waals surface area contributed by atoms with Crippen molar-refractivity contribution in [1.29, 1.82) is 0 Å². The molecule has 0 bridgehead atoms. The second-order valence-corrected chi connectivity index (χ2v) is 9.75. The van der Waals surface area contributed by atoms with E-state index in [0.29, 0.717) is 39.8 Å². The van der Waals surface area contributed by atoms with E-state index in [9.17, 15) is 0 Å². The van der Waals surface area contributed by atoms with Crippen LogP contribution in [0.2, 0.25) is 20.1 Å². The molecule has 35 heavy (non-hydrogen) atoms. The number of benzene rings is 3. The Labute approximate surface area is 225 Å². The summed E-state index contributed by atoms with van der Waals surface area (Å²) in [6.07, 6.45) is 6.69. The fourth-order valence-corrected chi connectivity index (χ4v) is 4.65. The number of ether oxygens (including phenoxy) is 2. The Kier molecular flexibility index (Phi) is 9.36. The Bertz CT molecular complexity index is 1250. The van der Waals surface area contributed by atoms with Gasteiger partial charge in [0.05, 0.1) is 19.8 Å². The molecule has 8 heteroatoms. The molecule has 1 heterocycles. The van der Waals surface area contributed by atoms with Crippen molar-refractivity contribution >= 4 is 46.4 Å². The number of rotatable bonds is 11. The Morgan fingerprint density at radius 3 is 2.34 bits per heavy atom. The van der Waals surface area contributed by atoms with Crippen LogP contribution >= 0.6 is 46.4 Å². The van der Waals surface area contributed by atoms with Crippen LogP contribution in [0, 0.1) is 0 Å². The van der Waals surface area contributed by atoms with E-state index in [1.165, 1.54) is 0 Å². The maximum atomic E-state index is 6.53. The monoisotopic (exact) mass is 549 g/mol. The number of hydrogen-bond acceptors (Lipinski definition) is 2. The topological polar surface area (TPSA) is 27.3 Å². The predicted molar refractivity (Wildman–Crippen MR) is 142 cm³/mol. The number of nitrogens with zero attached hydrogens (tertiary/aromatic N) is 2. The Morgan fingerprint density at radius 1 is 0.857 bits per heavy atom. The number of para-hydroxylation sites is 1. The maximum Gasteiger partial charge on any atom is 0.243 e. The van der Waals surface area contributed by atoms with Crippen molar-refractivity contribution in [2.45, 2.75) is 32.2 Å². The summed E-state index contributed by atoms with van der Waals surface area (Å²) >= 11 is 25.0. The zero-order valence-electron chi connectivity index (χ0n) is 18.9. The van der Waals surface area contributed by atoms with Gasteiger partial charge in [-0.15, -0.1) is 0 Å². The summed E-state index contributed by atoms with van der Waals surface area (Å²) in [6, 6.07) is 20.7. The molecule has 1 aromatic heterocycles. The van der Waals surface area contributed by atoms with Crippen molar-refractivity contribution in [2.24, 2.45) is 0 Å². The summed E-state index contributed by atoms with van der Waals surface area (Å²) in [5.74, 6) is 0.885. The Balaban J connectivity index is 1.40. The first-order valence-corrected chi connectivity index (χ1v) is 12.7. The molecule has 0 aliphatic carbocycles. The molecule has 0 saturated heterocycles. The number of aromatic nitrogens is 2. The van der Waals surface area contributed by atoms with Gasteiger partial charge >= 0.3 is 0 Å². The summed E-state index contributed by atoms with van der Waals surface area (Å²) < 4.78 is 16.3. The summed E-state index contributed by atoms with van der Waals surface area (Å²) in [4.78, 5) is 0. The second kappa shape index (κ2) is 12.7. The van der Waals surface area contributed by atoms with Crippen molar-refractivity contribution in [3.8, 4) is 5.75 Å². The van der Waals surface area contributed by atoms with E-state index in [1.54, 1.807) is 18.2 Å². The molecule has 3 aromatic carbocycles. The highest BCUT2D eigenvalue weighted by Crippen LogP contribution is 2.30. The lowest BCUT2D eigenvalue weighted by Gasteiger charge is -2.19. The molecular weight excluding hydrogens is 526 g/mol. The van der Waals surface area contributed by atoms with Crippen LogP contribution in [0.5, 0.6) is 5.75 Å². The lowest BCUT2D eigenvalue weighted by molar-refractivity contribution is -0.704. The minimum Gasteiger partial charge on any atom is -0.493 e. The van der Waals surface area contributed by atoms with Crippen LogP contribution in [0.25, 0.3) is 0 Å². The SMILES string of the molecule is Clc1ccc(COC(C[n+]2ccn(CCCOc3ccccc3)c2)c2ccc(Cl)cc2Cl)c(Cl)c1. The van der Waals surface area contributed by atoms with Crippen molar-refractivity contribution in [1.82, 2.24) is 4.57 Å². The summed E-state index contributed by atoms with van der Waals surface area (Å²) in [5.41, 5.74) is 1.71. The molecule has 1 atom stereocenters. The summed E-state index contributed by atoms with van der Waals surface area (Å²) in [5, 5.41) is 2.29. The quantitative estimate of drug-likeness (QED) is 0.141. The molecule has 0 aliphatic heterocycles. The lowest BCUT2D eigenvalue weighted by Crippen LogP contribution is -2.35. The number of halogens is 4. The molecule has 0 amide bonds. The van der Waals surface area contributed by atoms with Crippen LogP contribution in [0.3, 0.4) is 0 Å². The molecule has 1 unspecified atom stereocenters. The standard InChI is InChI=1S/C27H25Cl4N2O2/c28-21-8-7-20(25(30)15-21)18-35-27(24-10-9-22(29)16-26(24)31)17-33-13-12-32(19-33)11-4-14-34-23-5-2-1-3-6-23/h1-3,5-10,12-13,15-16,19,27H,4,11,14,17-18H2/q+1. The number of aryl methyl sites for hydroxylation is 1. The highest BCUT2D eigenvalue weighted by molar-refractivity contribution is 6.35. The van der Waals surface area contributed by atoms with Gasteiger partial charge in [-0.05, 0) is 42.0 Å². The van der Waals surface area contributed by atoms with Crippen LogP contribution in [0.4, 0.5) is 0 Å². The van der Waals surface area contributed by atoms with Gasteiger partial charge in [0.1, 0.15) is 30.8 Å². The average Bonchev–Trinajstić information content (AvgIpc) is 3.28. The zero-order chi connectivity index (χ0) is 24.6. The average molecular weight is 551 g/mol. The van der Waals surface area contributed by atoms with Crippen LogP contribution in [-0.2, 0) is 24.4 Å². The molecule has 0 spiro atoms. The van der Waals surface area contributed by atoms with Gasteiger partial charge in [-0.1, -0.05) is 76.7 Å². The molecule has 0 saturated carbocycles. The first-order valence-electron chi connectivity index (χ1n) is 11.2. The molecule has 0 N–H and O–H groups in total. The fourth-order valence-electron chi connectivity index (χ4n) is 3.66.